The van der Waals surface area contributed by atoms with Crippen molar-refractivity contribution in [2.45, 2.75) is 0 Å². The van der Waals surface area contributed by atoms with Crippen molar-refractivity contribution in [2.75, 3.05) is 11.1 Å². The number of amides is 1. The van der Waals surface area contributed by atoms with Crippen molar-refractivity contribution in [3.63, 3.8) is 0 Å². The molecule has 3 rings (SSSR count). The van der Waals surface area contributed by atoms with E-state index in [1.807, 2.05) is 0 Å². The van der Waals surface area contributed by atoms with Gasteiger partial charge in [-0.1, -0.05) is 60.7 Å². The monoisotopic (exact) mass is 344 g/mol. The Hall–Kier alpha value is -3.73. The molecule has 0 aliphatic carbocycles. The normalized spacial score (nSPS) is 10.2. The van der Waals surface area contributed by atoms with Gasteiger partial charge in [0.1, 0.15) is 0 Å². The first-order chi connectivity index (χ1) is 12.6. The van der Waals surface area contributed by atoms with E-state index < -0.39 is 11.7 Å². The molecule has 3 aromatic carbocycles. The van der Waals surface area contributed by atoms with Crippen LogP contribution in [0, 0.1) is 0 Å². The maximum absolute atomic E-state index is 12.7. The fourth-order valence-electron chi connectivity index (χ4n) is 2.50. The first-order valence-corrected chi connectivity index (χ1v) is 7.96. The van der Waals surface area contributed by atoms with E-state index >= 15 is 0 Å². The van der Waals surface area contributed by atoms with E-state index in [0.29, 0.717) is 11.3 Å². The Morgan fingerprint density at radius 2 is 1.31 bits per heavy atom. The number of anilines is 2. The molecule has 0 aromatic heterocycles. The van der Waals surface area contributed by atoms with Crippen molar-refractivity contribution in [1.82, 2.24) is 0 Å². The lowest BCUT2D eigenvalue weighted by atomic mass is 10.0. The third-order valence-corrected chi connectivity index (χ3v) is 3.81. The van der Waals surface area contributed by atoms with Gasteiger partial charge in [0.25, 0.3) is 11.7 Å². The molecule has 0 heterocycles. The molecule has 1 amide bonds. The van der Waals surface area contributed by atoms with E-state index in [2.05, 4.69) is 5.32 Å². The molecule has 0 fully saturated rings. The summed E-state index contributed by atoms with van der Waals surface area (Å²) in [6, 6.07) is 21.4. The number of rotatable bonds is 5. The second-order valence-electron chi connectivity index (χ2n) is 5.65. The summed E-state index contributed by atoms with van der Waals surface area (Å²) in [7, 11) is 0. The molecule has 0 unspecified atom stereocenters. The molecule has 0 radical (unpaired) electrons. The summed E-state index contributed by atoms with van der Waals surface area (Å²) < 4.78 is 0. The predicted molar refractivity (Wildman–Crippen MR) is 100 cm³/mol. The molecule has 3 N–H and O–H groups in total. The molecule has 0 spiro atoms. The highest BCUT2D eigenvalue weighted by atomic mass is 16.2. The van der Waals surface area contributed by atoms with E-state index in [-0.39, 0.29) is 22.6 Å². The van der Waals surface area contributed by atoms with Crippen LogP contribution < -0.4 is 11.1 Å². The maximum atomic E-state index is 12.7. The van der Waals surface area contributed by atoms with Gasteiger partial charge in [0.15, 0.2) is 5.78 Å². The van der Waals surface area contributed by atoms with Gasteiger partial charge in [0.2, 0.25) is 0 Å². The van der Waals surface area contributed by atoms with Crippen molar-refractivity contribution < 1.29 is 14.4 Å². The van der Waals surface area contributed by atoms with Crippen molar-refractivity contribution in [3.8, 4) is 0 Å². The van der Waals surface area contributed by atoms with Gasteiger partial charge in [-0.3, -0.25) is 14.4 Å². The fraction of sp³-hybridized carbons (Fsp3) is 0. The number of carbonyl (C=O) groups excluding carboxylic acids is 3. The number of Topliss-reactive ketones (excluding diaryl/α,β-unsaturated/α-hetero) is 1. The van der Waals surface area contributed by atoms with E-state index in [4.69, 9.17) is 5.73 Å². The summed E-state index contributed by atoms with van der Waals surface area (Å²) in [4.78, 5) is 37.3. The largest absolute Gasteiger partial charge is 0.399 e. The van der Waals surface area contributed by atoms with Crippen molar-refractivity contribution in [2.24, 2.45) is 0 Å². The fourth-order valence-corrected chi connectivity index (χ4v) is 2.50. The van der Waals surface area contributed by atoms with Crippen LogP contribution in [0.3, 0.4) is 0 Å². The Morgan fingerprint density at radius 1 is 0.731 bits per heavy atom. The van der Waals surface area contributed by atoms with Crippen LogP contribution in [-0.2, 0) is 4.79 Å². The average molecular weight is 344 g/mol. The smallest absolute Gasteiger partial charge is 0.296 e. The Kier molecular flexibility index (Phi) is 4.90. The Morgan fingerprint density at radius 3 is 1.92 bits per heavy atom. The van der Waals surface area contributed by atoms with Crippen LogP contribution in [0.25, 0.3) is 0 Å². The lowest BCUT2D eigenvalue weighted by Gasteiger charge is -2.11. The zero-order valence-corrected chi connectivity index (χ0v) is 13.8. The molecule has 26 heavy (non-hydrogen) atoms. The highest BCUT2D eigenvalue weighted by Gasteiger charge is 2.20. The van der Waals surface area contributed by atoms with Gasteiger partial charge in [0, 0.05) is 22.4 Å². The van der Waals surface area contributed by atoms with Gasteiger partial charge in [-0.2, -0.15) is 0 Å². The molecule has 5 heteroatoms. The van der Waals surface area contributed by atoms with Gasteiger partial charge < -0.3 is 11.1 Å². The first kappa shape index (κ1) is 17.1. The second-order valence-corrected chi connectivity index (χ2v) is 5.65. The molecule has 0 saturated heterocycles. The minimum Gasteiger partial charge on any atom is -0.399 e. The molecule has 5 nitrogen and oxygen atoms in total. The number of hydrogen-bond acceptors (Lipinski definition) is 4. The van der Waals surface area contributed by atoms with Crippen molar-refractivity contribution >= 4 is 28.8 Å². The van der Waals surface area contributed by atoms with E-state index in [0.717, 1.165) is 0 Å². The highest BCUT2D eigenvalue weighted by molar-refractivity contribution is 6.46. The molecular formula is C21H16N2O3. The number of hydrogen-bond donors (Lipinski definition) is 2. The van der Waals surface area contributed by atoms with Crippen molar-refractivity contribution in [3.05, 3.63) is 95.6 Å². The molecule has 0 atom stereocenters. The minimum atomic E-state index is -0.817. The summed E-state index contributed by atoms with van der Waals surface area (Å²) in [5, 5.41) is 2.52. The number of ketones is 2. The summed E-state index contributed by atoms with van der Waals surface area (Å²) in [6.45, 7) is 0. The average Bonchev–Trinajstić information content (AvgIpc) is 2.69. The van der Waals surface area contributed by atoms with Gasteiger partial charge in [-0.15, -0.1) is 0 Å². The Labute approximate surface area is 150 Å². The molecule has 128 valence electrons. The first-order valence-electron chi connectivity index (χ1n) is 7.96. The summed E-state index contributed by atoms with van der Waals surface area (Å²) in [5.41, 5.74) is 7.38. The third-order valence-electron chi connectivity index (χ3n) is 3.81. The zero-order chi connectivity index (χ0) is 18.5. The van der Waals surface area contributed by atoms with E-state index in [1.165, 1.54) is 12.1 Å². The molecule has 0 saturated carbocycles. The van der Waals surface area contributed by atoms with Crippen molar-refractivity contribution in [1.29, 1.82) is 0 Å². The molecule has 3 aromatic rings. The third kappa shape index (κ3) is 3.67. The molecular weight excluding hydrogens is 328 g/mol. The standard InChI is InChI=1S/C21H16N2O3/c22-16-11-12-18(17(13-16)19(24)14-7-3-1-4-8-14)23-21(26)20(25)15-9-5-2-6-10-15/h1-13H,22H2,(H,23,26). The van der Waals surface area contributed by atoms with Crippen LogP contribution in [0.2, 0.25) is 0 Å². The van der Waals surface area contributed by atoms with E-state index in [1.54, 1.807) is 66.7 Å². The topological polar surface area (TPSA) is 89.3 Å². The zero-order valence-electron chi connectivity index (χ0n) is 13.8. The van der Waals surface area contributed by atoms with Gasteiger partial charge >= 0.3 is 0 Å². The van der Waals surface area contributed by atoms with Crippen LogP contribution >= 0.6 is 0 Å². The van der Waals surface area contributed by atoms with Crippen LogP contribution in [0.1, 0.15) is 26.3 Å². The molecule has 0 aliphatic rings. The second kappa shape index (κ2) is 7.44. The lowest BCUT2D eigenvalue weighted by Crippen LogP contribution is -2.24. The summed E-state index contributed by atoms with van der Waals surface area (Å²) in [6.07, 6.45) is 0. The van der Waals surface area contributed by atoms with Crippen LogP contribution in [0.15, 0.2) is 78.9 Å². The SMILES string of the molecule is Nc1ccc(NC(=O)C(=O)c2ccccc2)c(C(=O)c2ccccc2)c1. The summed E-state index contributed by atoms with van der Waals surface area (Å²) >= 11 is 0. The van der Waals surface area contributed by atoms with Gasteiger partial charge in [-0.05, 0) is 18.2 Å². The lowest BCUT2D eigenvalue weighted by molar-refractivity contribution is -0.112. The van der Waals surface area contributed by atoms with Crippen LogP contribution in [-0.4, -0.2) is 17.5 Å². The Balaban J connectivity index is 1.90. The minimum absolute atomic E-state index is 0.227. The number of benzene rings is 3. The highest BCUT2D eigenvalue weighted by Crippen LogP contribution is 2.22. The predicted octanol–water partition coefficient (Wildman–Crippen LogP) is 3.32. The van der Waals surface area contributed by atoms with Crippen LogP contribution in [0.5, 0.6) is 0 Å². The molecule has 0 bridgehead atoms. The Bertz CT molecular complexity index is 967. The van der Waals surface area contributed by atoms with Gasteiger partial charge in [-0.25, -0.2) is 0 Å². The number of nitrogens with two attached hydrogens (primary N) is 1. The van der Waals surface area contributed by atoms with E-state index in [9.17, 15) is 14.4 Å². The number of nitrogens with one attached hydrogen (secondary N) is 1. The quantitative estimate of drug-likeness (QED) is 0.422. The summed E-state index contributed by atoms with van der Waals surface area (Å²) in [5.74, 6) is -1.79. The van der Waals surface area contributed by atoms with Gasteiger partial charge in [0.05, 0.1) is 5.69 Å². The maximum Gasteiger partial charge on any atom is 0.296 e. The number of nitrogen functional groups attached to an aromatic ring is 1. The van der Waals surface area contributed by atoms with Crippen LogP contribution in [0.4, 0.5) is 11.4 Å². The number of carbonyl (C=O) groups is 3. The molecule has 0 aliphatic heterocycles.